The number of carbonyl (C=O) groups is 1. The number of anilines is 1. The third-order valence-corrected chi connectivity index (χ3v) is 6.74. The summed E-state index contributed by atoms with van der Waals surface area (Å²) in [7, 11) is 0. The monoisotopic (exact) mass is 460 g/mol. The van der Waals surface area contributed by atoms with Gasteiger partial charge in [-0.3, -0.25) is 4.98 Å². The van der Waals surface area contributed by atoms with E-state index in [1.54, 1.807) is 0 Å². The number of pyridine rings is 1. The van der Waals surface area contributed by atoms with Crippen LogP contribution in [0.5, 0.6) is 0 Å². The lowest BCUT2D eigenvalue weighted by Crippen LogP contribution is -2.39. The zero-order chi connectivity index (χ0) is 24.7. The topological polar surface area (TPSA) is 62.7 Å². The van der Waals surface area contributed by atoms with Gasteiger partial charge < -0.3 is 14.7 Å². The maximum absolute atomic E-state index is 12.5. The average molecular weight is 461 g/mol. The van der Waals surface area contributed by atoms with Crippen LogP contribution in [0.3, 0.4) is 0 Å². The minimum atomic E-state index is -1.10. The summed E-state index contributed by atoms with van der Waals surface area (Å²) in [5.74, 6) is -0.992. The molecule has 0 aliphatic carbocycles. The molecule has 2 heterocycles. The normalized spacial score (nSPS) is 17.1. The second-order valence-corrected chi connectivity index (χ2v) is 11.2. The summed E-state index contributed by atoms with van der Waals surface area (Å²) >= 11 is 0. The third kappa shape index (κ3) is 5.10. The highest BCUT2D eigenvalue weighted by molar-refractivity contribution is 5.92. The molecule has 2 aromatic carbocycles. The summed E-state index contributed by atoms with van der Waals surface area (Å²) in [5, 5.41) is 12.6. The number of hydrogen-bond acceptors (Lipinski definition) is 4. The number of carboxylic acids is 1. The summed E-state index contributed by atoms with van der Waals surface area (Å²) in [4.78, 5) is 19.6. The minimum Gasteiger partial charge on any atom is -0.479 e. The Morgan fingerprint density at radius 2 is 1.74 bits per heavy atom. The molecule has 34 heavy (non-hydrogen) atoms. The molecule has 0 spiro atoms. The summed E-state index contributed by atoms with van der Waals surface area (Å²) in [6.07, 6.45) is 2.89. The number of nitrogens with zero attached hydrogens (tertiary/aromatic N) is 2. The van der Waals surface area contributed by atoms with Gasteiger partial charge in [0.2, 0.25) is 0 Å². The second-order valence-electron chi connectivity index (χ2n) is 11.2. The molecule has 4 rings (SSSR count). The van der Waals surface area contributed by atoms with E-state index in [9.17, 15) is 9.90 Å². The molecule has 1 aliphatic rings. The van der Waals surface area contributed by atoms with Gasteiger partial charge in [-0.2, -0.15) is 0 Å². The van der Waals surface area contributed by atoms with E-state index in [0.717, 1.165) is 48.1 Å². The van der Waals surface area contributed by atoms with Crippen molar-refractivity contribution >= 4 is 22.4 Å². The molecule has 0 saturated carbocycles. The molecule has 1 N–H and O–H groups in total. The SMILES string of the molecule is Cc1ncc(-c2ccc3ccccc3c2)c(N2CCC(C)(C)CC2)c1[C@H](OC(C)(C)C)C(=O)O. The molecular weight excluding hydrogens is 424 g/mol. The van der Waals surface area contributed by atoms with Gasteiger partial charge in [-0.25, -0.2) is 4.79 Å². The lowest BCUT2D eigenvalue weighted by Gasteiger charge is -2.41. The second kappa shape index (κ2) is 9.03. The maximum Gasteiger partial charge on any atom is 0.337 e. The molecule has 1 fully saturated rings. The van der Waals surface area contributed by atoms with E-state index in [2.05, 4.69) is 54.1 Å². The molecule has 180 valence electrons. The van der Waals surface area contributed by atoms with Crippen LogP contribution in [0.4, 0.5) is 5.69 Å². The Balaban J connectivity index is 1.94. The van der Waals surface area contributed by atoms with Crippen LogP contribution in [-0.4, -0.2) is 34.8 Å². The minimum absolute atomic E-state index is 0.274. The predicted octanol–water partition coefficient (Wildman–Crippen LogP) is 6.78. The zero-order valence-electron chi connectivity index (χ0n) is 21.2. The molecule has 1 aromatic heterocycles. The van der Waals surface area contributed by atoms with Gasteiger partial charge in [-0.15, -0.1) is 0 Å². The van der Waals surface area contributed by atoms with E-state index in [1.165, 1.54) is 5.39 Å². The summed E-state index contributed by atoms with van der Waals surface area (Å²) in [5.41, 5.74) is 3.94. The van der Waals surface area contributed by atoms with Crippen LogP contribution in [0, 0.1) is 12.3 Å². The quantitative estimate of drug-likeness (QED) is 0.455. The van der Waals surface area contributed by atoms with Crippen LogP contribution >= 0.6 is 0 Å². The Hall–Kier alpha value is -2.92. The Morgan fingerprint density at radius 1 is 1.09 bits per heavy atom. The standard InChI is InChI=1S/C29H36N2O3/c1-19-24(26(27(32)33)34-28(2,3)4)25(31-15-13-29(5,6)14-16-31)23(18-30-19)22-12-11-20-9-7-8-10-21(20)17-22/h7-12,17-18,26H,13-16H2,1-6H3,(H,32,33)/t26-/m0/s1. The van der Waals surface area contributed by atoms with Crippen LogP contribution in [0.15, 0.2) is 48.7 Å². The largest absolute Gasteiger partial charge is 0.479 e. The third-order valence-electron chi connectivity index (χ3n) is 6.74. The Morgan fingerprint density at radius 3 is 2.35 bits per heavy atom. The van der Waals surface area contributed by atoms with Gasteiger partial charge in [-0.05, 0) is 68.4 Å². The molecule has 3 aromatic rings. The lowest BCUT2D eigenvalue weighted by atomic mass is 9.82. The van der Waals surface area contributed by atoms with Crippen molar-refractivity contribution in [3.8, 4) is 11.1 Å². The summed E-state index contributed by atoms with van der Waals surface area (Å²) in [6, 6.07) is 14.7. The first-order chi connectivity index (χ1) is 16.0. The van der Waals surface area contributed by atoms with E-state index in [0.29, 0.717) is 11.3 Å². The zero-order valence-corrected chi connectivity index (χ0v) is 21.2. The van der Waals surface area contributed by atoms with Crippen molar-refractivity contribution in [2.45, 2.75) is 66.1 Å². The number of piperidine rings is 1. The first-order valence-corrected chi connectivity index (χ1v) is 12.1. The summed E-state index contributed by atoms with van der Waals surface area (Å²) < 4.78 is 6.13. The fourth-order valence-electron chi connectivity index (χ4n) is 4.75. The number of aliphatic carboxylic acids is 1. The molecule has 1 atom stereocenters. The first kappa shape index (κ1) is 24.2. The van der Waals surface area contributed by atoms with Gasteiger partial charge in [0.05, 0.1) is 11.3 Å². The van der Waals surface area contributed by atoms with Crippen LogP contribution in [0.25, 0.3) is 21.9 Å². The van der Waals surface area contributed by atoms with Crippen LogP contribution in [0.2, 0.25) is 0 Å². The van der Waals surface area contributed by atoms with Crippen molar-refractivity contribution in [2.75, 3.05) is 18.0 Å². The van der Waals surface area contributed by atoms with Crippen molar-refractivity contribution < 1.29 is 14.6 Å². The fourth-order valence-corrected chi connectivity index (χ4v) is 4.75. The van der Waals surface area contributed by atoms with E-state index >= 15 is 0 Å². The van der Waals surface area contributed by atoms with E-state index in [-0.39, 0.29) is 5.41 Å². The van der Waals surface area contributed by atoms with Crippen molar-refractivity contribution in [1.82, 2.24) is 4.98 Å². The lowest BCUT2D eigenvalue weighted by molar-refractivity contribution is -0.160. The van der Waals surface area contributed by atoms with Crippen molar-refractivity contribution in [3.63, 3.8) is 0 Å². The molecule has 0 bridgehead atoms. The summed E-state index contributed by atoms with van der Waals surface area (Å²) in [6.45, 7) is 13.9. The molecule has 0 radical (unpaired) electrons. The fraction of sp³-hybridized carbons (Fsp3) is 0.448. The molecule has 1 aliphatic heterocycles. The highest BCUT2D eigenvalue weighted by atomic mass is 16.5. The maximum atomic E-state index is 12.5. The van der Waals surface area contributed by atoms with E-state index in [4.69, 9.17) is 4.74 Å². The van der Waals surface area contributed by atoms with Gasteiger partial charge >= 0.3 is 5.97 Å². The van der Waals surface area contributed by atoms with Crippen LogP contribution in [-0.2, 0) is 9.53 Å². The number of carboxylic acid groups (broad SMARTS) is 1. The number of aryl methyl sites for hydroxylation is 1. The van der Waals surface area contributed by atoms with Gasteiger partial charge in [-0.1, -0.05) is 50.2 Å². The smallest absolute Gasteiger partial charge is 0.337 e. The van der Waals surface area contributed by atoms with Gasteiger partial charge in [0.25, 0.3) is 0 Å². The van der Waals surface area contributed by atoms with E-state index < -0.39 is 17.7 Å². The van der Waals surface area contributed by atoms with E-state index in [1.807, 2.05) is 46.0 Å². The number of fused-ring (bicyclic) bond motifs is 1. The highest BCUT2D eigenvalue weighted by Crippen LogP contribution is 2.43. The average Bonchev–Trinajstić information content (AvgIpc) is 2.76. The number of benzene rings is 2. The molecule has 5 heteroatoms. The number of aromatic nitrogens is 1. The first-order valence-electron chi connectivity index (χ1n) is 12.1. The van der Waals surface area contributed by atoms with Crippen molar-refractivity contribution in [3.05, 3.63) is 59.9 Å². The Kier molecular flexibility index (Phi) is 6.43. The van der Waals surface area contributed by atoms with Gasteiger partial charge in [0, 0.05) is 36.1 Å². The molecular formula is C29H36N2O3. The molecule has 0 amide bonds. The van der Waals surface area contributed by atoms with Crippen molar-refractivity contribution in [2.24, 2.45) is 5.41 Å². The molecule has 1 saturated heterocycles. The number of rotatable bonds is 5. The van der Waals surface area contributed by atoms with Gasteiger partial charge in [0.1, 0.15) is 0 Å². The molecule has 5 nitrogen and oxygen atoms in total. The predicted molar refractivity (Wildman–Crippen MR) is 138 cm³/mol. The highest BCUT2D eigenvalue weighted by Gasteiger charge is 2.35. The Labute approximate surface area is 202 Å². The molecule has 0 unspecified atom stereocenters. The van der Waals surface area contributed by atoms with Crippen molar-refractivity contribution in [1.29, 1.82) is 0 Å². The Bertz CT molecular complexity index is 1200. The van der Waals surface area contributed by atoms with Gasteiger partial charge in [0.15, 0.2) is 6.10 Å². The van der Waals surface area contributed by atoms with Crippen LogP contribution in [0.1, 0.15) is 64.8 Å². The number of hydrogen-bond donors (Lipinski definition) is 1. The number of ether oxygens (including phenoxy) is 1. The van der Waals surface area contributed by atoms with Crippen LogP contribution < -0.4 is 4.90 Å².